The molecule has 7 nitrogen and oxygen atoms in total. The molecule has 1 aliphatic rings. The fraction of sp³-hybridized carbons (Fsp3) is 0.261. The highest BCUT2D eigenvalue weighted by molar-refractivity contribution is 6.33. The molecule has 160 valence electrons. The maximum atomic E-state index is 12.3. The van der Waals surface area contributed by atoms with Crippen LogP contribution in [0.3, 0.4) is 0 Å². The van der Waals surface area contributed by atoms with Gasteiger partial charge in [0.15, 0.2) is 0 Å². The average molecular weight is 439 g/mol. The van der Waals surface area contributed by atoms with Gasteiger partial charge in [0.1, 0.15) is 6.26 Å². The molecule has 1 aromatic heterocycles. The second kappa shape index (κ2) is 9.22. The predicted molar refractivity (Wildman–Crippen MR) is 120 cm³/mol. The number of urea groups is 1. The lowest BCUT2D eigenvalue weighted by Gasteiger charge is -2.17. The van der Waals surface area contributed by atoms with Gasteiger partial charge in [-0.3, -0.25) is 4.79 Å². The average Bonchev–Trinajstić information content (AvgIpc) is 3.39. The van der Waals surface area contributed by atoms with Crippen molar-refractivity contribution in [2.24, 2.45) is 0 Å². The van der Waals surface area contributed by atoms with Crippen molar-refractivity contribution in [3.05, 3.63) is 65.0 Å². The van der Waals surface area contributed by atoms with Gasteiger partial charge < -0.3 is 20.0 Å². The molecule has 0 aliphatic carbocycles. The summed E-state index contributed by atoms with van der Waals surface area (Å²) in [5.41, 5.74) is 4.02. The number of nitrogens with one attached hydrogen (secondary N) is 2. The molecule has 1 aliphatic heterocycles. The highest BCUT2D eigenvalue weighted by Crippen LogP contribution is 2.30. The highest BCUT2D eigenvalue weighted by Gasteiger charge is 2.22. The summed E-state index contributed by atoms with van der Waals surface area (Å²) in [5, 5.41) is 5.95. The number of oxazole rings is 1. The standard InChI is InChI=1S/C23H23ClN4O3/c1-15-4-6-16(7-5-15)22-26-17(14-31-22)10-11-25-23(30)27-20-13-18(8-9-19(20)24)28-12-2-3-21(28)29/h4-9,13-14H,2-3,10-12H2,1H3,(H2,25,27,30). The summed E-state index contributed by atoms with van der Waals surface area (Å²) in [7, 11) is 0. The van der Waals surface area contributed by atoms with Crippen LogP contribution < -0.4 is 15.5 Å². The molecule has 0 bridgehead atoms. The topological polar surface area (TPSA) is 87.5 Å². The van der Waals surface area contributed by atoms with E-state index in [0.29, 0.717) is 42.5 Å². The maximum absolute atomic E-state index is 12.3. The lowest BCUT2D eigenvalue weighted by Crippen LogP contribution is -2.30. The van der Waals surface area contributed by atoms with E-state index >= 15 is 0 Å². The Morgan fingerprint density at radius 2 is 2.03 bits per heavy atom. The molecular weight excluding hydrogens is 416 g/mol. The maximum Gasteiger partial charge on any atom is 0.319 e. The molecule has 3 amide bonds. The number of aryl methyl sites for hydroxylation is 1. The smallest absolute Gasteiger partial charge is 0.319 e. The molecule has 1 fully saturated rings. The van der Waals surface area contributed by atoms with E-state index in [1.807, 2.05) is 31.2 Å². The Kier molecular flexibility index (Phi) is 6.23. The minimum atomic E-state index is -0.381. The number of carbonyl (C=O) groups is 2. The third-order valence-electron chi connectivity index (χ3n) is 5.10. The van der Waals surface area contributed by atoms with E-state index in [4.69, 9.17) is 16.0 Å². The zero-order valence-corrected chi connectivity index (χ0v) is 17.9. The number of hydrogen-bond donors (Lipinski definition) is 2. The Morgan fingerprint density at radius 3 is 2.77 bits per heavy atom. The number of hydrogen-bond acceptors (Lipinski definition) is 4. The van der Waals surface area contributed by atoms with Crippen molar-refractivity contribution >= 4 is 34.9 Å². The first-order valence-corrected chi connectivity index (χ1v) is 10.5. The van der Waals surface area contributed by atoms with Crippen molar-refractivity contribution < 1.29 is 14.0 Å². The van der Waals surface area contributed by atoms with Crippen LogP contribution >= 0.6 is 11.6 Å². The van der Waals surface area contributed by atoms with Gasteiger partial charge >= 0.3 is 6.03 Å². The van der Waals surface area contributed by atoms with Crippen molar-refractivity contribution in [2.45, 2.75) is 26.2 Å². The zero-order valence-electron chi connectivity index (χ0n) is 17.2. The summed E-state index contributed by atoms with van der Waals surface area (Å²) in [4.78, 5) is 30.4. The first kappa shape index (κ1) is 20.9. The predicted octanol–water partition coefficient (Wildman–Crippen LogP) is 4.79. The molecule has 2 aromatic carbocycles. The minimum absolute atomic E-state index is 0.0790. The van der Waals surface area contributed by atoms with E-state index in [2.05, 4.69) is 15.6 Å². The Balaban J connectivity index is 1.31. The van der Waals surface area contributed by atoms with Crippen molar-refractivity contribution in [2.75, 3.05) is 23.3 Å². The van der Waals surface area contributed by atoms with Gasteiger partial charge in [-0.05, 0) is 43.7 Å². The molecule has 4 rings (SSSR count). The van der Waals surface area contributed by atoms with Crippen LogP contribution in [0, 0.1) is 6.92 Å². The molecule has 1 saturated heterocycles. The molecule has 0 saturated carbocycles. The highest BCUT2D eigenvalue weighted by atomic mass is 35.5. The first-order valence-electron chi connectivity index (χ1n) is 10.2. The fourth-order valence-electron chi connectivity index (χ4n) is 3.42. The lowest BCUT2D eigenvalue weighted by atomic mass is 10.1. The molecule has 0 radical (unpaired) electrons. The van der Waals surface area contributed by atoms with Gasteiger partial charge in [0.25, 0.3) is 0 Å². The molecular formula is C23H23ClN4O3. The third kappa shape index (κ3) is 5.06. The molecule has 2 heterocycles. The van der Waals surface area contributed by atoms with Crippen molar-refractivity contribution in [1.82, 2.24) is 10.3 Å². The minimum Gasteiger partial charge on any atom is -0.444 e. The monoisotopic (exact) mass is 438 g/mol. The number of rotatable bonds is 6. The van der Waals surface area contributed by atoms with Gasteiger partial charge in [0, 0.05) is 37.2 Å². The Hall–Kier alpha value is -3.32. The van der Waals surface area contributed by atoms with Gasteiger partial charge in [-0.2, -0.15) is 0 Å². The van der Waals surface area contributed by atoms with Gasteiger partial charge in [0.05, 0.1) is 16.4 Å². The molecule has 0 unspecified atom stereocenters. The Labute approximate surface area is 185 Å². The van der Waals surface area contributed by atoms with Crippen LogP contribution in [0.5, 0.6) is 0 Å². The largest absolute Gasteiger partial charge is 0.444 e. The lowest BCUT2D eigenvalue weighted by molar-refractivity contribution is -0.117. The number of benzene rings is 2. The Bertz CT molecular complexity index is 1090. The molecule has 31 heavy (non-hydrogen) atoms. The summed E-state index contributed by atoms with van der Waals surface area (Å²) in [6.07, 6.45) is 3.50. The van der Waals surface area contributed by atoms with Crippen LogP contribution in [0.1, 0.15) is 24.1 Å². The Morgan fingerprint density at radius 1 is 1.23 bits per heavy atom. The van der Waals surface area contributed by atoms with Crippen LogP contribution in [0.25, 0.3) is 11.5 Å². The summed E-state index contributed by atoms with van der Waals surface area (Å²) < 4.78 is 5.54. The van der Waals surface area contributed by atoms with E-state index in [1.165, 1.54) is 5.56 Å². The number of aromatic nitrogens is 1. The van der Waals surface area contributed by atoms with E-state index < -0.39 is 0 Å². The quantitative estimate of drug-likeness (QED) is 0.579. The molecule has 3 aromatic rings. The van der Waals surface area contributed by atoms with Crippen molar-refractivity contribution in [3.63, 3.8) is 0 Å². The second-order valence-electron chi connectivity index (χ2n) is 7.45. The van der Waals surface area contributed by atoms with Crippen LogP contribution in [0.2, 0.25) is 5.02 Å². The number of halogens is 1. The summed E-state index contributed by atoms with van der Waals surface area (Å²) >= 11 is 6.22. The zero-order chi connectivity index (χ0) is 21.8. The summed E-state index contributed by atoms with van der Waals surface area (Å²) in [6, 6.07) is 12.7. The van der Waals surface area contributed by atoms with E-state index in [-0.39, 0.29) is 11.9 Å². The molecule has 0 spiro atoms. The number of anilines is 2. The van der Waals surface area contributed by atoms with Gasteiger partial charge in [-0.1, -0.05) is 29.3 Å². The van der Waals surface area contributed by atoms with Gasteiger partial charge in [0.2, 0.25) is 11.8 Å². The summed E-state index contributed by atoms with van der Waals surface area (Å²) in [5.74, 6) is 0.634. The molecule has 8 heteroatoms. The van der Waals surface area contributed by atoms with E-state index in [1.54, 1.807) is 29.4 Å². The van der Waals surface area contributed by atoms with Crippen LogP contribution in [0.4, 0.5) is 16.2 Å². The first-order chi connectivity index (χ1) is 15.0. The number of nitrogens with zero attached hydrogens (tertiary/aromatic N) is 2. The normalized spacial score (nSPS) is 13.5. The SMILES string of the molecule is Cc1ccc(-c2nc(CCNC(=O)Nc3cc(N4CCCC4=O)ccc3Cl)co2)cc1. The van der Waals surface area contributed by atoms with Crippen LogP contribution in [-0.4, -0.2) is 30.0 Å². The fourth-order valence-corrected chi connectivity index (χ4v) is 3.58. The molecule has 0 atom stereocenters. The van der Waals surface area contributed by atoms with E-state index in [9.17, 15) is 9.59 Å². The van der Waals surface area contributed by atoms with Gasteiger partial charge in [-0.15, -0.1) is 0 Å². The van der Waals surface area contributed by atoms with Gasteiger partial charge in [-0.25, -0.2) is 9.78 Å². The van der Waals surface area contributed by atoms with Crippen LogP contribution in [0.15, 0.2) is 53.1 Å². The van der Waals surface area contributed by atoms with E-state index in [0.717, 1.165) is 23.4 Å². The second-order valence-corrected chi connectivity index (χ2v) is 7.86. The number of carbonyl (C=O) groups excluding carboxylic acids is 2. The molecule has 2 N–H and O–H groups in total. The number of amides is 3. The van der Waals surface area contributed by atoms with Crippen LogP contribution in [-0.2, 0) is 11.2 Å². The van der Waals surface area contributed by atoms with Crippen molar-refractivity contribution in [1.29, 1.82) is 0 Å². The summed E-state index contributed by atoms with van der Waals surface area (Å²) in [6.45, 7) is 3.08. The van der Waals surface area contributed by atoms with Crippen molar-refractivity contribution in [3.8, 4) is 11.5 Å². The third-order valence-corrected chi connectivity index (χ3v) is 5.43.